The summed E-state index contributed by atoms with van der Waals surface area (Å²) in [6.07, 6.45) is 5.13. The molecule has 1 aliphatic heterocycles. The predicted octanol–water partition coefficient (Wildman–Crippen LogP) is 1.69. The first-order valence-electron chi connectivity index (χ1n) is 7.34. The molecule has 20 heavy (non-hydrogen) atoms. The first-order valence-corrected chi connectivity index (χ1v) is 7.34. The summed E-state index contributed by atoms with van der Waals surface area (Å²) in [4.78, 5) is 2.20. The third kappa shape index (κ3) is 2.69. The zero-order valence-electron chi connectivity index (χ0n) is 12.3. The number of amidine groups is 1. The van der Waals surface area contributed by atoms with Crippen molar-refractivity contribution in [2.75, 3.05) is 18.0 Å². The lowest BCUT2D eigenvalue weighted by atomic mass is 10.0. The summed E-state index contributed by atoms with van der Waals surface area (Å²) in [6.45, 7) is 6.01. The molecule has 3 N–H and O–H groups in total. The maximum atomic E-state index is 9.09. The summed E-state index contributed by atoms with van der Waals surface area (Å²) in [5, 5.41) is 21.0. The van der Waals surface area contributed by atoms with E-state index in [-0.39, 0.29) is 5.84 Å². The van der Waals surface area contributed by atoms with Crippen molar-refractivity contribution in [2.45, 2.75) is 46.0 Å². The van der Waals surface area contributed by atoms with Gasteiger partial charge in [-0.2, -0.15) is 5.10 Å². The van der Waals surface area contributed by atoms with Gasteiger partial charge in [-0.25, -0.2) is 0 Å². The molecule has 2 rings (SSSR count). The van der Waals surface area contributed by atoms with E-state index in [0.717, 1.165) is 61.4 Å². The highest BCUT2D eigenvalue weighted by Gasteiger charge is 2.23. The summed E-state index contributed by atoms with van der Waals surface area (Å²) in [6, 6.07) is 0. The van der Waals surface area contributed by atoms with Crippen molar-refractivity contribution in [1.29, 1.82) is 0 Å². The highest BCUT2D eigenvalue weighted by molar-refractivity contribution is 6.03. The summed E-state index contributed by atoms with van der Waals surface area (Å²) >= 11 is 0. The SMILES string of the molecule is CCc1nnc(N2CCCCC2)c(C(N)=NO)c1CC. The molecule has 0 amide bonds. The maximum Gasteiger partial charge on any atom is 0.174 e. The second-order valence-electron chi connectivity index (χ2n) is 5.06. The minimum absolute atomic E-state index is 0.132. The third-order valence-electron chi connectivity index (χ3n) is 3.85. The van der Waals surface area contributed by atoms with Gasteiger partial charge in [-0.05, 0) is 37.7 Å². The Hall–Kier alpha value is -1.85. The Balaban J connectivity index is 2.55. The van der Waals surface area contributed by atoms with Crippen molar-refractivity contribution < 1.29 is 5.21 Å². The molecule has 2 heterocycles. The number of aryl methyl sites for hydroxylation is 1. The maximum absolute atomic E-state index is 9.09. The fraction of sp³-hybridized carbons (Fsp3) is 0.643. The Morgan fingerprint density at radius 1 is 1.20 bits per heavy atom. The summed E-state index contributed by atoms with van der Waals surface area (Å²) in [5.41, 5.74) is 8.63. The summed E-state index contributed by atoms with van der Waals surface area (Å²) < 4.78 is 0. The molecule has 6 nitrogen and oxygen atoms in total. The van der Waals surface area contributed by atoms with Gasteiger partial charge in [-0.15, -0.1) is 5.10 Å². The highest BCUT2D eigenvalue weighted by atomic mass is 16.4. The van der Waals surface area contributed by atoms with Crippen LogP contribution in [0.1, 0.15) is 49.9 Å². The topological polar surface area (TPSA) is 87.6 Å². The second kappa shape index (κ2) is 6.54. The molecule has 110 valence electrons. The Bertz CT molecular complexity index is 495. The van der Waals surface area contributed by atoms with Crippen LogP contribution in [0.3, 0.4) is 0 Å². The van der Waals surface area contributed by atoms with Crippen LogP contribution in [0.5, 0.6) is 0 Å². The minimum Gasteiger partial charge on any atom is -0.409 e. The molecule has 0 bridgehead atoms. The van der Waals surface area contributed by atoms with Gasteiger partial charge in [0.25, 0.3) is 0 Å². The van der Waals surface area contributed by atoms with Gasteiger partial charge in [-0.1, -0.05) is 19.0 Å². The van der Waals surface area contributed by atoms with E-state index in [1.807, 2.05) is 6.92 Å². The number of anilines is 1. The quantitative estimate of drug-likeness (QED) is 0.378. The van der Waals surface area contributed by atoms with Crippen molar-refractivity contribution in [3.8, 4) is 0 Å². The number of nitrogens with zero attached hydrogens (tertiary/aromatic N) is 4. The van der Waals surface area contributed by atoms with Crippen LogP contribution < -0.4 is 10.6 Å². The number of hydrogen-bond donors (Lipinski definition) is 2. The molecule has 0 atom stereocenters. The van der Waals surface area contributed by atoms with Gasteiger partial charge < -0.3 is 15.8 Å². The third-order valence-corrected chi connectivity index (χ3v) is 3.85. The van der Waals surface area contributed by atoms with Gasteiger partial charge >= 0.3 is 0 Å². The fourth-order valence-corrected chi connectivity index (χ4v) is 2.81. The standard InChI is InChI=1S/C14H23N5O/c1-3-10-11(4-2)16-17-14(12(10)13(15)18-20)19-8-6-5-7-9-19/h20H,3-9H2,1-2H3,(H2,15,18). The van der Waals surface area contributed by atoms with E-state index >= 15 is 0 Å². The first-order chi connectivity index (χ1) is 9.72. The highest BCUT2D eigenvalue weighted by Crippen LogP contribution is 2.26. The smallest absolute Gasteiger partial charge is 0.174 e. The lowest BCUT2D eigenvalue weighted by Gasteiger charge is -2.29. The molecule has 0 saturated carbocycles. The number of rotatable bonds is 4. The molecule has 1 saturated heterocycles. The Kier molecular flexibility index (Phi) is 4.76. The Labute approximate surface area is 119 Å². The van der Waals surface area contributed by atoms with Crippen molar-refractivity contribution >= 4 is 11.7 Å². The zero-order chi connectivity index (χ0) is 14.5. The average molecular weight is 277 g/mol. The minimum atomic E-state index is 0.132. The number of piperidine rings is 1. The molecule has 0 aromatic carbocycles. The van der Waals surface area contributed by atoms with Crippen LogP contribution >= 0.6 is 0 Å². The van der Waals surface area contributed by atoms with Crippen molar-refractivity contribution in [1.82, 2.24) is 10.2 Å². The van der Waals surface area contributed by atoms with Crippen molar-refractivity contribution in [3.63, 3.8) is 0 Å². The van der Waals surface area contributed by atoms with E-state index in [2.05, 4.69) is 27.2 Å². The van der Waals surface area contributed by atoms with Crippen molar-refractivity contribution in [2.24, 2.45) is 10.9 Å². The van der Waals surface area contributed by atoms with Gasteiger partial charge in [-0.3, -0.25) is 0 Å². The predicted molar refractivity (Wildman–Crippen MR) is 79.4 cm³/mol. The fourth-order valence-electron chi connectivity index (χ4n) is 2.81. The van der Waals surface area contributed by atoms with Crippen LogP contribution in [0.15, 0.2) is 5.16 Å². The normalized spacial score (nSPS) is 16.5. The van der Waals surface area contributed by atoms with E-state index < -0.39 is 0 Å². The molecule has 1 aromatic rings. The molecule has 0 unspecified atom stereocenters. The van der Waals surface area contributed by atoms with E-state index in [1.165, 1.54) is 6.42 Å². The molecule has 0 aliphatic carbocycles. The first kappa shape index (κ1) is 14.6. The van der Waals surface area contributed by atoms with Crippen LogP contribution in [-0.2, 0) is 12.8 Å². The summed E-state index contributed by atoms with van der Waals surface area (Å²) in [5.74, 6) is 0.890. The zero-order valence-corrected chi connectivity index (χ0v) is 12.3. The Morgan fingerprint density at radius 3 is 2.45 bits per heavy atom. The largest absolute Gasteiger partial charge is 0.409 e. The number of nitrogens with two attached hydrogens (primary N) is 1. The van der Waals surface area contributed by atoms with E-state index in [0.29, 0.717) is 0 Å². The molecule has 6 heteroatoms. The van der Waals surface area contributed by atoms with Crippen molar-refractivity contribution in [3.05, 3.63) is 16.8 Å². The van der Waals surface area contributed by atoms with Gasteiger partial charge in [0.15, 0.2) is 11.7 Å². The molecule has 1 aliphatic rings. The number of oxime groups is 1. The number of aromatic nitrogens is 2. The van der Waals surface area contributed by atoms with Crippen LogP contribution in [0.4, 0.5) is 5.82 Å². The molecule has 0 spiro atoms. The van der Waals surface area contributed by atoms with Crippen LogP contribution in [0, 0.1) is 0 Å². The van der Waals surface area contributed by atoms with Gasteiger partial charge in [0, 0.05) is 13.1 Å². The summed E-state index contributed by atoms with van der Waals surface area (Å²) in [7, 11) is 0. The van der Waals surface area contributed by atoms with Crippen LogP contribution in [0.2, 0.25) is 0 Å². The van der Waals surface area contributed by atoms with Gasteiger partial charge in [0.1, 0.15) is 0 Å². The van der Waals surface area contributed by atoms with Crippen LogP contribution in [-0.4, -0.2) is 34.3 Å². The van der Waals surface area contributed by atoms with E-state index in [1.54, 1.807) is 0 Å². The number of hydrogen-bond acceptors (Lipinski definition) is 5. The average Bonchev–Trinajstić information content (AvgIpc) is 2.53. The molecular weight excluding hydrogens is 254 g/mol. The second-order valence-corrected chi connectivity index (χ2v) is 5.06. The lowest BCUT2D eigenvalue weighted by Crippen LogP contribution is -2.34. The van der Waals surface area contributed by atoms with E-state index in [9.17, 15) is 0 Å². The Morgan fingerprint density at radius 2 is 1.90 bits per heavy atom. The molecular formula is C14H23N5O. The van der Waals surface area contributed by atoms with Gasteiger partial charge in [0.05, 0.1) is 11.3 Å². The lowest BCUT2D eigenvalue weighted by molar-refractivity contribution is 0.318. The monoisotopic (exact) mass is 277 g/mol. The van der Waals surface area contributed by atoms with E-state index in [4.69, 9.17) is 10.9 Å². The molecule has 0 radical (unpaired) electrons. The molecule has 1 aromatic heterocycles. The molecule has 1 fully saturated rings. The van der Waals surface area contributed by atoms with Gasteiger partial charge in [0.2, 0.25) is 0 Å². The van der Waals surface area contributed by atoms with Crippen LogP contribution in [0.25, 0.3) is 0 Å².